The first-order chi connectivity index (χ1) is 9.48. The Balaban J connectivity index is 2.79. The van der Waals surface area contributed by atoms with E-state index in [4.69, 9.17) is 9.84 Å². The van der Waals surface area contributed by atoms with E-state index in [0.717, 1.165) is 31.5 Å². The highest BCUT2D eigenvalue weighted by Gasteiger charge is 2.29. The number of nitrogens with zero attached hydrogens (tertiary/aromatic N) is 2. The van der Waals surface area contributed by atoms with E-state index >= 15 is 0 Å². The minimum Gasteiger partial charge on any atom is -0.377 e. The van der Waals surface area contributed by atoms with E-state index in [-0.39, 0.29) is 11.6 Å². The van der Waals surface area contributed by atoms with Gasteiger partial charge in [-0.25, -0.2) is 0 Å². The van der Waals surface area contributed by atoms with Crippen LogP contribution in [-0.4, -0.2) is 35.1 Å². The van der Waals surface area contributed by atoms with E-state index in [1.165, 1.54) is 0 Å². The van der Waals surface area contributed by atoms with Crippen molar-refractivity contribution in [2.45, 2.75) is 71.6 Å². The van der Waals surface area contributed by atoms with E-state index in [0.29, 0.717) is 6.04 Å². The summed E-state index contributed by atoms with van der Waals surface area (Å²) in [4.78, 5) is 0. The van der Waals surface area contributed by atoms with E-state index in [1.807, 2.05) is 0 Å². The van der Waals surface area contributed by atoms with Crippen LogP contribution in [0.1, 0.15) is 59.2 Å². The second-order valence-electron chi connectivity index (χ2n) is 5.88. The Labute approximate surface area is 123 Å². The first kappa shape index (κ1) is 17.2. The van der Waals surface area contributed by atoms with Crippen LogP contribution in [-0.2, 0) is 11.2 Å². The first-order valence-corrected chi connectivity index (χ1v) is 7.80. The number of methoxy groups -OCH3 is 1. The van der Waals surface area contributed by atoms with Crippen LogP contribution in [0, 0.1) is 0 Å². The summed E-state index contributed by atoms with van der Waals surface area (Å²) in [7, 11) is 1.77. The molecule has 1 unspecified atom stereocenters. The summed E-state index contributed by atoms with van der Waals surface area (Å²) in [5.74, 6) is 0. The number of rotatable bonds is 9. The average Bonchev–Trinajstić information content (AvgIpc) is 2.88. The van der Waals surface area contributed by atoms with Crippen LogP contribution in [0.3, 0.4) is 0 Å². The molecule has 1 aromatic rings. The molecule has 0 aliphatic rings. The van der Waals surface area contributed by atoms with Gasteiger partial charge in [-0.05, 0) is 39.3 Å². The van der Waals surface area contributed by atoms with Gasteiger partial charge in [0.05, 0.1) is 17.3 Å². The maximum Gasteiger partial charge on any atom is 0.0778 e. The van der Waals surface area contributed by atoms with Gasteiger partial charge in [-0.3, -0.25) is 4.68 Å². The van der Waals surface area contributed by atoms with Crippen molar-refractivity contribution in [1.29, 1.82) is 0 Å². The Bertz CT molecular complexity index is 383. The number of likely N-dealkylation sites (N-methyl/N-ethyl adjacent to an activating group) is 1. The molecule has 1 rings (SSSR count). The summed E-state index contributed by atoms with van der Waals surface area (Å²) < 4.78 is 7.73. The molecular weight excluding hydrogens is 250 g/mol. The smallest absolute Gasteiger partial charge is 0.0778 e. The molecule has 116 valence electrons. The van der Waals surface area contributed by atoms with Gasteiger partial charge in [-0.15, -0.1) is 0 Å². The van der Waals surface area contributed by atoms with Gasteiger partial charge in [0, 0.05) is 25.8 Å². The fourth-order valence-electron chi connectivity index (χ4n) is 2.51. The zero-order chi connectivity index (χ0) is 15.2. The molecule has 1 heterocycles. The van der Waals surface area contributed by atoms with Gasteiger partial charge in [-0.2, -0.15) is 5.10 Å². The number of hydrogen-bond acceptors (Lipinski definition) is 3. The second kappa shape index (κ2) is 7.79. The number of hydrogen-bond donors (Lipinski definition) is 1. The topological polar surface area (TPSA) is 39.1 Å². The van der Waals surface area contributed by atoms with Crippen LogP contribution < -0.4 is 5.32 Å². The van der Waals surface area contributed by atoms with Gasteiger partial charge in [-0.1, -0.05) is 20.8 Å². The largest absolute Gasteiger partial charge is 0.377 e. The molecule has 0 radical (unpaired) electrons. The molecule has 0 bridgehead atoms. The first-order valence-electron chi connectivity index (χ1n) is 7.80. The molecule has 1 N–H and O–H groups in total. The highest BCUT2D eigenvalue weighted by atomic mass is 16.5. The van der Waals surface area contributed by atoms with E-state index in [1.54, 1.807) is 7.11 Å². The van der Waals surface area contributed by atoms with Crippen molar-refractivity contribution in [2.24, 2.45) is 0 Å². The fourth-order valence-corrected chi connectivity index (χ4v) is 2.51. The lowest BCUT2D eigenvalue weighted by molar-refractivity contribution is -0.00989. The Morgan fingerprint density at radius 3 is 2.45 bits per heavy atom. The lowest BCUT2D eigenvalue weighted by Crippen LogP contribution is -2.49. The van der Waals surface area contributed by atoms with Crippen LogP contribution in [0.2, 0.25) is 0 Å². The van der Waals surface area contributed by atoms with Crippen molar-refractivity contribution >= 4 is 0 Å². The molecule has 0 spiro atoms. The van der Waals surface area contributed by atoms with Crippen molar-refractivity contribution in [1.82, 2.24) is 15.1 Å². The third kappa shape index (κ3) is 4.32. The molecule has 1 aromatic heterocycles. The van der Waals surface area contributed by atoms with Gasteiger partial charge >= 0.3 is 0 Å². The van der Waals surface area contributed by atoms with Gasteiger partial charge in [0.15, 0.2) is 0 Å². The Kier molecular flexibility index (Phi) is 6.69. The summed E-state index contributed by atoms with van der Waals surface area (Å²) in [6.45, 7) is 11.7. The maximum atomic E-state index is 5.62. The lowest BCUT2D eigenvalue weighted by atomic mass is 9.94. The highest BCUT2D eigenvalue weighted by Crippen LogP contribution is 2.19. The summed E-state index contributed by atoms with van der Waals surface area (Å²) in [5, 5.41) is 8.26. The van der Waals surface area contributed by atoms with Crippen molar-refractivity contribution in [3.8, 4) is 0 Å². The van der Waals surface area contributed by atoms with E-state index < -0.39 is 0 Å². The molecule has 4 heteroatoms. The molecule has 20 heavy (non-hydrogen) atoms. The monoisotopic (exact) mass is 281 g/mol. The Morgan fingerprint density at radius 1 is 1.30 bits per heavy atom. The Hall–Kier alpha value is -0.870. The molecule has 4 nitrogen and oxygen atoms in total. The van der Waals surface area contributed by atoms with Crippen LogP contribution in [0.5, 0.6) is 0 Å². The molecule has 0 aromatic carbocycles. The van der Waals surface area contributed by atoms with Gasteiger partial charge < -0.3 is 10.1 Å². The van der Waals surface area contributed by atoms with E-state index in [2.05, 4.69) is 56.9 Å². The van der Waals surface area contributed by atoms with Gasteiger partial charge in [0.1, 0.15) is 0 Å². The molecular formula is C16H31N3O. The van der Waals surface area contributed by atoms with Crippen molar-refractivity contribution in [3.05, 3.63) is 18.0 Å². The quantitative estimate of drug-likeness (QED) is 0.755. The summed E-state index contributed by atoms with van der Waals surface area (Å²) in [5.41, 5.74) is 0.933. The SMILES string of the molecule is CCNC(Cc1ccn(C(CC)CC)n1)C(C)(C)OC. The predicted molar refractivity (Wildman–Crippen MR) is 84.1 cm³/mol. The van der Waals surface area contributed by atoms with Crippen molar-refractivity contribution in [3.63, 3.8) is 0 Å². The zero-order valence-electron chi connectivity index (χ0n) is 13.9. The second-order valence-corrected chi connectivity index (χ2v) is 5.88. The minimum atomic E-state index is -0.200. The highest BCUT2D eigenvalue weighted by molar-refractivity contribution is 5.05. The number of ether oxygens (including phenoxy) is 1. The molecule has 1 atom stereocenters. The van der Waals surface area contributed by atoms with Crippen molar-refractivity contribution < 1.29 is 4.74 Å². The third-order valence-electron chi connectivity index (χ3n) is 4.21. The molecule has 0 fully saturated rings. The van der Waals surface area contributed by atoms with Crippen LogP contribution >= 0.6 is 0 Å². The summed E-state index contributed by atoms with van der Waals surface area (Å²) >= 11 is 0. The number of aromatic nitrogens is 2. The van der Waals surface area contributed by atoms with Crippen LogP contribution in [0.15, 0.2) is 12.3 Å². The Morgan fingerprint density at radius 2 is 1.95 bits per heavy atom. The molecule has 0 aliphatic heterocycles. The maximum absolute atomic E-state index is 5.62. The molecule has 0 saturated heterocycles. The van der Waals surface area contributed by atoms with E-state index in [9.17, 15) is 0 Å². The summed E-state index contributed by atoms with van der Waals surface area (Å²) in [6, 6.07) is 2.91. The number of nitrogens with one attached hydrogen (secondary N) is 1. The average molecular weight is 281 g/mol. The summed E-state index contributed by atoms with van der Waals surface area (Å²) in [6.07, 6.45) is 5.24. The molecule has 0 saturated carbocycles. The zero-order valence-corrected chi connectivity index (χ0v) is 13.9. The minimum absolute atomic E-state index is 0.200. The predicted octanol–water partition coefficient (Wildman–Crippen LogP) is 3.19. The fraction of sp³-hybridized carbons (Fsp3) is 0.812. The third-order valence-corrected chi connectivity index (χ3v) is 4.21. The lowest BCUT2D eigenvalue weighted by Gasteiger charge is -2.33. The molecule has 0 aliphatic carbocycles. The normalized spacial score (nSPS) is 13.9. The van der Waals surface area contributed by atoms with Gasteiger partial charge in [0.25, 0.3) is 0 Å². The van der Waals surface area contributed by atoms with Gasteiger partial charge in [0.2, 0.25) is 0 Å². The standard InChI is InChI=1S/C16H31N3O/c1-7-14(8-2)19-11-10-13(18-19)12-15(17-9-3)16(4,5)20-6/h10-11,14-15,17H,7-9,12H2,1-6H3. The van der Waals surface area contributed by atoms with Crippen molar-refractivity contribution in [2.75, 3.05) is 13.7 Å². The van der Waals surface area contributed by atoms with Crippen LogP contribution in [0.4, 0.5) is 0 Å². The molecule has 0 amide bonds. The van der Waals surface area contributed by atoms with Crippen LogP contribution in [0.25, 0.3) is 0 Å².